The second kappa shape index (κ2) is 9.86. The third kappa shape index (κ3) is 5.16. The molecule has 0 fully saturated rings. The van der Waals surface area contributed by atoms with E-state index in [0.29, 0.717) is 12.2 Å². The number of hydrogen-bond donors (Lipinski definition) is 1. The van der Waals surface area contributed by atoms with Crippen molar-refractivity contribution >= 4 is 17.5 Å². The van der Waals surface area contributed by atoms with Crippen LogP contribution in [-0.4, -0.2) is 35.3 Å². The van der Waals surface area contributed by atoms with Gasteiger partial charge in [-0.2, -0.15) is 0 Å². The van der Waals surface area contributed by atoms with Crippen molar-refractivity contribution in [3.63, 3.8) is 0 Å². The topological polar surface area (TPSA) is 62.3 Å². The first-order valence-corrected chi connectivity index (χ1v) is 9.66. The molecule has 0 aliphatic carbocycles. The average Bonchev–Trinajstić information content (AvgIpc) is 2.71. The Morgan fingerprint density at radius 2 is 1.56 bits per heavy atom. The normalized spacial score (nSPS) is 10.5. The SMILES string of the molecule is CCCCN(C)C(=O)c1cccc(C(=O)Nc2c(CC)cccc2CC)n1. The van der Waals surface area contributed by atoms with Crippen molar-refractivity contribution in [3.05, 3.63) is 58.9 Å². The molecule has 0 saturated heterocycles. The number of para-hydroxylation sites is 1. The fourth-order valence-corrected chi connectivity index (χ4v) is 2.95. The number of amides is 2. The van der Waals surface area contributed by atoms with Gasteiger partial charge in [0.1, 0.15) is 11.4 Å². The molecule has 1 N–H and O–H groups in total. The first-order valence-electron chi connectivity index (χ1n) is 9.66. The largest absolute Gasteiger partial charge is 0.340 e. The second-order valence-electron chi connectivity index (χ2n) is 6.60. The van der Waals surface area contributed by atoms with E-state index in [4.69, 9.17) is 0 Å². The smallest absolute Gasteiger partial charge is 0.274 e. The molecule has 5 nitrogen and oxygen atoms in total. The predicted octanol–water partition coefficient (Wildman–Crippen LogP) is 4.33. The first kappa shape index (κ1) is 20.6. The van der Waals surface area contributed by atoms with E-state index in [1.54, 1.807) is 30.1 Å². The number of carbonyl (C=O) groups is 2. The molecular weight excluding hydrogens is 338 g/mol. The van der Waals surface area contributed by atoms with Gasteiger partial charge in [-0.25, -0.2) is 4.98 Å². The zero-order valence-corrected chi connectivity index (χ0v) is 16.7. The zero-order chi connectivity index (χ0) is 19.8. The van der Waals surface area contributed by atoms with Gasteiger partial charge < -0.3 is 10.2 Å². The molecule has 0 atom stereocenters. The van der Waals surface area contributed by atoms with Crippen LogP contribution in [0.2, 0.25) is 0 Å². The number of unbranched alkanes of at least 4 members (excludes halogenated alkanes) is 1. The molecule has 1 heterocycles. The van der Waals surface area contributed by atoms with Crippen LogP contribution in [-0.2, 0) is 12.8 Å². The van der Waals surface area contributed by atoms with Gasteiger partial charge in [-0.15, -0.1) is 0 Å². The molecule has 5 heteroatoms. The maximum atomic E-state index is 12.8. The van der Waals surface area contributed by atoms with Crippen LogP contribution < -0.4 is 5.32 Å². The summed E-state index contributed by atoms with van der Waals surface area (Å²) in [4.78, 5) is 31.2. The Kier molecular flexibility index (Phi) is 7.53. The van der Waals surface area contributed by atoms with Crippen LogP contribution in [0, 0.1) is 0 Å². The highest BCUT2D eigenvalue weighted by atomic mass is 16.2. The summed E-state index contributed by atoms with van der Waals surface area (Å²) in [6, 6.07) is 11.0. The number of nitrogens with zero attached hydrogens (tertiary/aromatic N) is 2. The minimum atomic E-state index is -0.295. The molecule has 2 aromatic rings. The number of nitrogens with one attached hydrogen (secondary N) is 1. The van der Waals surface area contributed by atoms with E-state index in [1.807, 2.05) is 18.2 Å². The lowest BCUT2D eigenvalue weighted by molar-refractivity contribution is 0.0787. The molecule has 2 amide bonds. The molecule has 0 radical (unpaired) electrons. The summed E-state index contributed by atoms with van der Waals surface area (Å²) in [6.45, 7) is 6.89. The van der Waals surface area contributed by atoms with E-state index in [0.717, 1.165) is 42.5 Å². The van der Waals surface area contributed by atoms with Crippen molar-refractivity contribution in [1.29, 1.82) is 0 Å². The number of anilines is 1. The van der Waals surface area contributed by atoms with Crippen molar-refractivity contribution in [3.8, 4) is 0 Å². The van der Waals surface area contributed by atoms with Gasteiger partial charge >= 0.3 is 0 Å². The quantitative estimate of drug-likeness (QED) is 0.755. The Morgan fingerprint density at radius 3 is 2.15 bits per heavy atom. The minimum absolute atomic E-state index is 0.165. The summed E-state index contributed by atoms with van der Waals surface area (Å²) in [6.07, 6.45) is 3.62. The van der Waals surface area contributed by atoms with Gasteiger partial charge in [-0.3, -0.25) is 9.59 Å². The predicted molar refractivity (Wildman–Crippen MR) is 109 cm³/mol. The van der Waals surface area contributed by atoms with Gasteiger partial charge in [0.25, 0.3) is 11.8 Å². The molecule has 27 heavy (non-hydrogen) atoms. The summed E-state index contributed by atoms with van der Waals surface area (Å²) in [5.41, 5.74) is 3.58. The molecular formula is C22H29N3O2. The Bertz CT molecular complexity index is 780. The van der Waals surface area contributed by atoms with E-state index in [9.17, 15) is 9.59 Å². The van der Waals surface area contributed by atoms with Gasteiger partial charge in [0.15, 0.2) is 0 Å². The lowest BCUT2D eigenvalue weighted by atomic mass is 10.0. The van der Waals surface area contributed by atoms with E-state index in [-0.39, 0.29) is 17.5 Å². The Balaban J connectivity index is 2.22. The molecule has 0 saturated carbocycles. The summed E-state index contributed by atoms with van der Waals surface area (Å²) < 4.78 is 0. The number of benzene rings is 1. The van der Waals surface area contributed by atoms with Crippen LogP contribution in [0.15, 0.2) is 36.4 Å². The first-order chi connectivity index (χ1) is 13.0. The summed E-state index contributed by atoms with van der Waals surface area (Å²) in [5, 5.41) is 3.00. The highest BCUT2D eigenvalue weighted by molar-refractivity contribution is 6.04. The van der Waals surface area contributed by atoms with Crippen LogP contribution in [0.25, 0.3) is 0 Å². The molecule has 1 aromatic heterocycles. The number of rotatable bonds is 8. The van der Waals surface area contributed by atoms with Crippen molar-refractivity contribution in [2.45, 2.75) is 46.5 Å². The molecule has 0 aliphatic heterocycles. The van der Waals surface area contributed by atoms with Crippen molar-refractivity contribution < 1.29 is 9.59 Å². The second-order valence-corrected chi connectivity index (χ2v) is 6.60. The molecule has 0 bridgehead atoms. The third-order valence-corrected chi connectivity index (χ3v) is 4.63. The van der Waals surface area contributed by atoms with Crippen LogP contribution in [0.1, 0.15) is 65.7 Å². The minimum Gasteiger partial charge on any atom is -0.340 e. The van der Waals surface area contributed by atoms with Gasteiger partial charge in [0.05, 0.1) is 0 Å². The number of hydrogen-bond acceptors (Lipinski definition) is 3. The lowest BCUT2D eigenvalue weighted by Crippen LogP contribution is -2.29. The number of carbonyl (C=O) groups excluding carboxylic acids is 2. The molecule has 0 aliphatic rings. The fraction of sp³-hybridized carbons (Fsp3) is 0.409. The molecule has 144 valence electrons. The summed E-state index contributed by atoms with van der Waals surface area (Å²) in [7, 11) is 1.76. The van der Waals surface area contributed by atoms with Gasteiger partial charge in [0, 0.05) is 19.3 Å². The maximum absolute atomic E-state index is 12.8. The Labute approximate surface area is 161 Å². The van der Waals surface area contributed by atoms with Gasteiger partial charge in [-0.05, 0) is 42.5 Å². The third-order valence-electron chi connectivity index (χ3n) is 4.63. The van der Waals surface area contributed by atoms with Crippen LogP contribution in [0.3, 0.4) is 0 Å². The van der Waals surface area contributed by atoms with Gasteiger partial charge in [0.2, 0.25) is 0 Å². The highest BCUT2D eigenvalue weighted by Gasteiger charge is 2.17. The molecule has 0 spiro atoms. The monoisotopic (exact) mass is 367 g/mol. The van der Waals surface area contributed by atoms with E-state index < -0.39 is 0 Å². The van der Waals surface area contributed by atoms with E-state index in [1.165, 1.54) is 0 Å². The summed E-state index contributed by atoms with van der Waals surface area (Å²) in [5.74, 6) is -0.460. The lowest BCUT2D eigenvalue weighted by Gasteiger charge is -2.17. The van der Waals surface area contributed by atoms with Crippen LogP contribution in [0.5, 0.6) is 0 Å². The zero-order valence-electron chi connectivity index (χ0n) is 16.7. The maximum Gasteiger partial charge on any atom is 0.274 e. The van der Waals surface area contributed by atoms with E-state index >= 15 is 0 Å². The molecule has 2 rings (SSSR count). The van der Waals surface area contributed by atoms with Crippen LogP contribution in [0.4, 0.5) is 5.69 Å². The van der Waals surface area contributed by atoms with Crippen LogP contribution >= 0.6 is 0 Å². The number of aromatic nitrogens is 1. The van der Waals surface area contributed by atoms with E-state index in [2.05, 4.69) is 31.1 Å². The summed E-state index contributed by atoms with van der Waals surface area (Å²) >= 11 is 0. The van der Waals surface area contributed by atoms with Crippen molar-refractivity contribution in [2.24, 2.45) is 0 Å². The Hall–Kier alpha value is -2.69. The fourth-order valence-electron chi connectivity index (χ4n) is 2.95. The molecule has 1 aromatic carbocycles. The number of aryl methyl sites for hydroxylation is 2. The highest BCUT2D eigenvalue weighted by Crippen LogP contribution is 2.23. The van der Waals surface area contributed by atoms with Crippen molar-refractivity contribution in [2.75, 3.05) is 18.9 Å². The van der Waals surface area contributed by atoms with Crippen molar-refractivity contribution in [1.82, 2.24) is 9.88 Å². The van der Waals surface area contributed by atoms with Gasteiger partial charge in [-0.1, -0.05) is 51.5 Å². The standard InChI is InChI=1S/C22H29N3O2/c1-5-8-15-25(4)22(27)19-14-10-13-18(23-19)21(26)24-20-16(6-2)11-9-12-17(20)7-3/h9-14H,5-8,15H2,1-4H3,(H,24,26). The number of pyridine rings is 1. The molecule has 0 unspecified atom stereocenters. The Morgan fingerprint density at radius 1 is 0.963 bits per heavy atom. The average molecular weight is 367 g/mol.